The third kappa shape index (κ3) is 3.91. The van der Waals surface area contributed by atoms with Crippen LogP contribution in [-0.2, 0) is 6.54 Å². The second-order valence-electron chi connectivity index (χ2n) is 3.97. The molecule has 1 N–H and O–H groups in total. The minimum atomic E-state index is -0.288. The van der Waals surface area contributed by atoms with Crippen LogP contribution < -0.4 is 10.1 Å². The topological polar surface area (TPSA) is 34.1 Å². The van der Waals surface area contributed by atoms with Gasteiger partial charge in [-0.05, 0) is 24.7 Å². The summed E-state index contributed by atoms with van der Waals surface area (Å²) in [5.74, 6) is 0.827. The van der Waals surface area contributed by atoms with Crippen LogP contribution in [0.5, 0.6) is 11.5 Å². The molecule has 100 valence electrons. The zero-order valence-corrected chi connectivity index (χ0v) is 11.2. The highest BCUT2D eigenvalue weighted by Gasteiger charge is 2.07. The molecule has 2 aromatic rings. The first-order valence-corrected chi connectivity index (χ1v) is 6.34. The summed E-state index contributed by atoms with van der Waals surface area (Å²) in [6.45, 7) is 3.33. The van der Waals surface area contributed by atoms with E-state index in [9.17, 15) is 4.39 Å². The van der Waals surface area contributed by atoms with Crippen LogP contribution in [0, 0.1) is 5.82 Å². The highest BCUT2D eigenvalue weighted by atomic mass is 35.5. The Bertz CT molecular complexity index is 563. The fourth-order valence-corrected chi connectivity index (χ4v) is 1.78. The van der Waals surface area contributed by atoms with E-state index in [-0.39, 0.29) is 5.82 Å². The first kappa shape index (κ1) is 13.8. The van der Waals surface area contributed by atoms with Gasteiger partial charge < -0.3 is 10.1 Å². The van der Waals surface area contributed by atoms with E-state index in [1.165, 1.54) is 18.3 Å². The second-order valence-corrected chi connectivity index (χ2v) is 4.41. The molecule has 1 aromatic heterocycles. The Labute approximate surface area is 116 Å². The zero-order chi connectivity index (χ0) is 13.7. The zero-order valence-electron chi connectivity index (χ0n) is 10.5. The van der Waals surface area contributed by atoms with E-state index in [2.05, 4.69) is 10.3 Å². The molecule has 0 bridgehead atoms. The van der Waals surface area contributed by atoms with Crippen LogP contribution >= 0.6 is 11.6 Å². The molecule has 0 aliphatic heterocycles. The molecular formula is C14H14ClFN2O. The molecule has 0 fully saturated rings. The van der Waals surface area contributed by atoms with Gasteiger partial charge in [0.25, 0.3) is 0 Å². The maximum atomic E-state index is 13.3. The van der Waals surface area contributed by atoms with Gasteiger partial charge >= 0.3 is 0 Å². The molecule has 3 nitrogen and oxygen atoms in total. The predicted molar refractivity (Wildman–Crippen MR) is 73.1 cm³/mol. The van der Waals surface area contributed by atoms with Crippen LogP contribution in [0.25, 0.3) is 0 Å². The minimum Gasteiger partial charge on any atom is -0.455 e. The lowest BCUT2D eigenvalue weighted by Crippen LogP contribution is -2.12. The number of aromatic nitrogens is 1. The number of nitrogens with one attached hydrogen (secondary N) is 1. The molecule has 0 saturated heterocycles. The van der Waals surface area contributed by atoms with Gasteiger partial charge in [0.1, 0.15) is 17.3 Å². The van der Waals surface area contributed by atoms with Crippen molar-refractivity contribution in [1.29, 1.82) is 0 Å². The average molecular weight is 281 g/mol. The minimum absolute atomic E-state index is 0.288. The van der Waals surface area contributed by atoms with Crippen molar-refractivity contribution in [1.82, 2.24) is 10.3 Å². The van der Waals surface area contributed by atoms with E-state index in [4.69, 9.17) is 16.3 Å². The molecule has 0 spiro atoms. The normalized spacial score (nSPS) is 10.5. The maximum absolute atomic E-state index is 13.3. The van der Waals surface area contributed by atoms with Crippen molar-refractivity contribution in [3.05, 3.63) is 53.1 Å². The summed E-state index contributed by atoms with van der Waals surface area (Å²) >= 11 is 5.84. The van der Waals surface area contributed by atoms with Gasteiger partial charge in [-0.25, -0.2) is 4.39 Å². The quantitative estimate of drug-likeness (QED) is 0.905. The van der Waals surface area contributed by atoms with Crippen molar-refractivity contribution in [2.75, 3.05) is 6.54 Å². The lowest BCUT2D eigenvalue weighted by molar-refractivity contribution is 0.468. The lowest BCUT2D eigenvalue weighted by Gasteiger charge is -2.11. The Balaban J connectivity index is 2.23. The molecule has 0 saturated carbocycles. The number of halogens is 2. The summed E-state index contributed by atoms with van der Waals surface area (Å²) in [6.07, 6.45) is 3.09. The fourth-order valence-electron chi connectivity index (χ4n) is 1.62. The molecular weight excluding hydrogens is 267 g/mol. The van der Waals surface area contributed by atoms with Crippen molar-refractivity contribution >= 4 is 11.6 Å². The smallest absolute Gasteiger partial charge is 0.147 e. The van der Waals surface area contributed by atoms with Crippen LogP contribution in [0.2, 0.25) is 5.02 Å². The number of pyridine rings is 1. The van der Waals surface area contributed by atoms with Gasteiger partial charge in [0.2, 0.25) is 0 Å². The number of hydrogen-bond acceptors (Lipinski definition) is 3. The number of hydrogen-bond donors (Lipinski definition) is 1. The van der Waals surface area contributed by atoms with Gasteiger partial charge in [-0.3, -0.25) is 4.98 Å². The summed E-state index contributed by atoms with van der Waals surface area (Å²) in [6, 6.07) is 6.08. The van der Waals surface area contributed by atoms with E-state index in [1.807, 2.05) is 6.92 Å². The van der Waals surface area contributed by atoms with Crippen molar-refractivity contribution in [2.24, 2.45) is 0 Å². The Morgan fingerprint density at radius 3 is 2.89 bits per heavy atom. The predicted octanol–water partition coefficient (Wildman–Crippen LogP) is 3.78. The molecule has 5 heteroatoms. The van der Waals surface area contributed by atoms with E-state index in [1.54, 1.807) is 18.3 Å². The second kappa shape index (κ2) is 6.50. The van der Waals surface area contributed by atoms with Crippen molar-refractivity contribution in [3.63, 3.8) is 0 Å². The Morgan fingerprint density at radius 1 is 1.32 bits per heavy atom. The van der Waals surface area contributed by atoms with Gasteiger partial charge in [-0.15, -0.1) is 0 Å². The first-order chi connectivity index (χ1) is 9.19. The van der Waals surface area contributed by atoms with Gasteiger partial charge in [0.15, 0.2) is 0 Å². The SMILES string of the molecule is CCNCc1cc(F)ccc1Oc1cncc(Cl)c1. The average Bonchev–Trinajstić information content (AvgIpc) is 2.39. The van der Waals surface area contributed by atoms with E-state index >= 15 is 0 Å². The van der Waals surface area contributed by atoms with Gasteiger partial charge in [-0.1, -0.05) is 18.5 Å². The molecule has 1 aromatic carbocycles. The van der Waals surface area contributed by atoms with E-state index < -0.39 is 0 Å². The number of benzene rings is 1. The summed E-state index contributed by atoms with van der Waals surface area (Å²) in [5.41, 5.74) is 0.752. The molecule has 0 radical (unpaired) electrons. The molecule has 2 rings (SSSR count). The van der Waals surface area contributed by atoms with Crippen molar-refractivity contribution in [2.45, 2.75) is 13.5 Å². The fraction of sp³-hybridized carbons (Fsp3) is 0.214. The van der Waals surface area contributed by atoms with E-state index in [0.717, 1.165) is 12.1 Å². The van der Waals surface area contributed by atoms with Crippen molar-refractivity contribution < 1.29 is 9.13 Å². The summed E-state index contributed by atoms with van der Waals surface area (Å²) < 4.78 is 18.9. The molecule has 0 unspecified atom stereocenters. The third-order valence-electron chi connectivity index (χ3n) is 2.50. The maximum Gasteiger partial charge on any atom is 0.147 e. The van der Waals surface area contributed by atoms with Crippen LogP contribution in [0.1, 0.15) is 12.5 Å². The highest BCUT2D eigenvalue weighted by molar-refractivity contribution is 6.30. The van der Waals surface area contributed by atoms with Crippen LogP contribution in [-0.4, -0.2) is 11.5 Å². The highest BCUT2D eigenvalue weighted by Crippen LogP contribution is 2.27. The third-order valence-corrected chi connectivity index (χ3v) is 2.70. The summed E-state index contributed by atoms with van der Waals surface area (Å²) in [5, 5.41) is 3.63. The van der Waals surface area contributed by atoms with Crippen LogP contribution in [0.3, 0.4) is 0 Å². The Morgan fingerprint density at radius 2 is 2.16 bits per heavy atom. The van der Waals surface area contributed by atoms with Gasteiger partial charge in [0.05, 0.1) is 11.2 Å². The number of rotatable bonds is 5. The Kier molecular flexibility index (Phi) is 4.71. The van der Waals surface area contributed by atoms with Gasteiger partial charge in [-0.2, -0.15) is 0 Å². The standard InChI is InChI=1S/C14H14ClFN2O/c1-2-17-7-10-5-12(16)3-4-14(10)19-13-6-11(15)8-18-9-13/h3-6,8-9,17H,2,7H2,1H3. The first-order valence-electron chi connectivity index (χ1n) is 5.96. The number of ether oxygens (including phenoxy) is 1. The molecule has 0 atom stereocenters. The summed E-state index contributed by atoms with van der Waals surface area (Å²) in [7, 11) is 0. The lowest BCUT2D eigenvalue weighted by atomic mass is 10.2. The van der Waals surface area contributed by atoms with Crippen LogP contribution in [0.4, 0.5) is 4.39 Å². The molecule has 0 amide bonds. The number of nitrogens with zero attached hydrogens (tertiary/aromatic N) is 1. The molecule has 19 heavy (non-hydrogen) atoms. The monoisotopic (exact) mass is 280 g/mol. The van der Waals surface area contributed by atoms with Gasteiger partial charge in [0, 0.05) is 24.4 Å². The van der Waals surface area contributed by atoms with E-state index in [0.29, 0.717) is 23.1 Å². The Hall–Kier alpha value is -1.65. The van der Waals surface area contributed by atoms with Crippen molar-refractivity contribution in [3.8, 4) is 11.5 Å². The molecule has 0 aliphatic carbocycles. The van der Waals surface area contributed by atoms with Crippen LogP contribution in [0.15, 0.2) is 36.7 Å². The largest absolute Gasteiger partial charge is 0.455 e. The molecule has 0 aliphatic rings. The summed E-state index contributed by atoms with van der Waals surface area (Å²) in [4.78, 5) is 3.94. The molecule has 1 heterocycles.